The lowest BCUT2D eigenvalue weighted by atomic mass is 9.76. The van der Waals surface area contributed by atoms with Crippen LogP contribution in [0.25, 0.3) is 0 Å². The quantitative estimate of drug-likeness (QED) is 0.246. The van der Waals surface area contributed by atoms with E-state index < -0.39 is 53.3 Å². The van der Waals surface area contributed by atoms with Crippen molar-refractivity contribution in [1.29, 1.82) is 0 Å². The van der Waals surface area contributed by atoms with Crippen molar-refractivity contribution < 1.29 is 45.7 Å². The van der Waals surface area contributed by atoms with Gasteiger partial charge in [0.15, 0.2) is 0 Å². The second-order valence-electron chi connectivity index (χ2n) is 10.9. The zero-order chi connectivity index (χ0) is 32.1. The molecule has 4 atom stereocenters. The van der Waals surface area contributed by atoms with Crippen LogP contribution in [0.2, 0.25) is 0 Å². The third kappa shape index (κ3) is 7.54. The van der Waals surface area contributed by atoms with Gasteiger partial charge in [-0.15, -0.1) is 0 Å². The van der Waals surface area contributed by atoms with E-state index in [9.17, 15) is 36.2 Å². The molecule has 0 aromatic heterocycles. The summed E-state index contributed by atoms with van der Waals surface area (Å²) in [5, 5.41) is 9.89. The van der Waals surface area contributed by atoms with E-state index >= 15 is 0 Å². The predicted octanol–water partition coefficient (Wildman–Crippen LogP) is 7.21. The largest absolute Gasteiger partial charge is 0.445 e. The molecule has 0 bridgehead atoms. The number of alkyl halides is 6. The molecular formula is C32H34F6N2O4. The number of carbonyl (C=O) groups excluding carboxylic acids is 1. The molecule has 1 amide bonds. The minimum atomic E-state index is -5.02. The first-order valence-electron chi connectivity index (χ1n) is 14.1. The predicted molar refractivity (Wildman–Crippen MR) is 150 cm³/mol. The minimum Gasteiger partial charge on any atom is -0.445 e. The number of carbonyl (C=O) groups is 1. The van der Waals surface area contributed by atoms with E-state index in [1.54, 1.807) is 54.6 Å². The van der Waals surface area contributed by atoms with Crippen LogP contribution in [0.15, 0.2) is 78.9 Å². The number of ether oxygens (including phenoxy) is 2. The average Bonchev–Trinajstić information content (AvgIpc) is 3.00. The molecule has 1 aliphatic rings. The Balaban J connectivity index is 1.73. The molecule has 4 rings (SSSR count). The molecule has 0 unspecified atom stereocenters. The smallest absolute Gasteiger partial charge is 0.416 e. The SMILES string of the molecule is C[C@@H](OC[C@@]1(c2ccccc2)CC[C@H](N)[C@@H](CCO)N1C(=O)OCc1ccccc1)c1cc(C(F)(F)F)cc(C(F)(F)F)c1. The maximum Gasteiger partial charge on any atom is 0.416 e. The van der Waals surface area contributed by atoms with Crippen molar-refractivity contribution in [2.24, 2.45) is 5.73 Å². The van der Waals surface area contributed by atoms with Gasteiger partial charge in [0.25, 0.3) is 0 Å². The highest BCUT2D eigenvalue weighted by Crippen LogP contribution is 2.44. The van der Waals surface area contributed by atoms with Crippen LogP contribution in [0.4, 0.5) is 31.1 Å². The maximum absolute atomic E-state index is 13.9. The highest BCUT2D eigenvalue weighted by atomic mass is 19.4. The lowest BCUT2D eigenvalue weighted by Crippen LogP contribution is -2.65. The molecule has 0 saturated carbocycles. The first kappa shape index (κ1) is 33.3. The fourth-order valence-corrected chi connectivity index (χ4v) is 5.63. The van der Waals surface area contributed by atoms with Gasteiger partial charge < -0.3 is 20.3 Å². The van der Waals surface area contributed by atoms with E-state index in [-0.39, 0.29) is 44.3 Å². The number of hydrogen-bond acceptors (Lipinski definition) is 5. The molecule has 1 heterocycles. The summed E-state index contributed by atoms with van der Waals surface area (Å²) < 4.78 is 93.1. The maximum atomic E-state index is 13.9. The summed E-state index contributed by atoms with van der Waals surface area (Å²) in [6.45, 7) is 0.689. The van der Waals surface area contributed by atoms with Crippen LogP contribution in [-0.2, 0) is 34.0 Å². The Morgan fingerprint density at radius 2 is 1.55 bits per heavy atom. The number of piperidine rings is 1. The number of nitrogens with zero attached hydrogens (tertiary/aromatic N) is 1. The van der Waals surface area contributed by atoms with Gasteiger partial charge in [-0.05, 0) is 61.1 Å². The Kier molecular flexibility index (Phi) is 10.3. The number of aliphatic hydroxyl groups is 1. The standard InChI is InChI=1S/C32H34F6N2O4/c1-21(23-16-25(31(33,34)35)18-26(17-23)32(36,37)38)44-20-30(24-10-6-3-7-11-24)14-12-27(39)28(13-15-41)40(30)29(42)43-19-22-8-4-2-5-9-22/h2-11,16-18,21,27-28,41H,12-15,19-20,39H2,1H3/t21-,27+,28-,30-/m1/s1. The first-order valence-corrected chi connectivity index (χ1v) is 14.1. The summed E-state index contributed by atoms with van der Waals surface area (Å²) in [6, 6.07) is 17.8. The Morgan fingerprint density at radius 3 is 2.09 bits per heavy atom. The Morgan fingerprint density at radius 1 is 0.977 bits per heavy atom. The van der Waals surface area contributed by atoms with Gasteiger partial charge in [-0.1, -0.05) is 60.7 Å². The number of amides is 1. The van der Waals surface area contributed by atoms with Crippen LogP contribution in [0.3, 0.4) is 0 Å². The van der Waals surface area contributed by atoms with Crippen molar-refractivity contribution in [1.82, 2.24) is 4.90 Å². The lowest BCUT2D eigenvalue weighted by molar-refractivity contribution is -0.143. The number of nitrogens with two attached hydrogens (primary N) is 1. The van der Waals surface area contributed by atoms with Crippen molar-refractivity contribution in [3.05, 3.63) is 107 Å². The van der Waals surface area contributed by atoms with E-state index in [0.717, 1.165) is 5.56 Å². The van der Waals surface area contributed by atoms with Crippen LogP contribution in [0.1, 0.15) is 60.1 Å². The molecule has 0 spiro atoms. The lowest BCUT2D eigenvalue weighted by Gasteiger charge is -2.53. The van der Waals surface area contributed by atoms with Crippen molar-refractivity contribution in [3.63, 3.8) is 0 Å². The first-order chi connectivity index (χ1) is 20.8. The molecular weight excluding hydrogens is 590 g/mol. The van der Waals surface area contributed by atoms with Crippen LogP contribution >= 0.6 is 0 Å². The van der Waals surface area contributed by atoms with Gasteiger partial charge in [0.05, 0.1) is 35.4 Å². The Labute approximate surface area is 251 Å². The molecule has 3 N–H and O–H groups in total. The van der Waals surface area contributed by atoms with Crippen molar-refractivity contribution in [2.45, 2.75) is 68.9 Å². The molecule has 1 fully saturated rings. The highest BCUT2D eigenvalue weighted by Gasteiger charge is 2.51. The zero-order valence-corrected chi connectivity index (χ0v) is 23.9. The highest BCUT2D eigenvalue weighted by molar-refractivity contribution is 5.70. The molecule has 3 aromatic rings. The molecule has 3 aromatic carbocycles. The third-order valence-corrected chi connectivity index (χ3v) is 7.97. The monoisotopic (exact) mass is 624 g/mol. The second-order valence-corrected chi connectivity index (χ2v) is 10.9. The Bertz CT molecular complexity index is 1350. The number of benzene rings is 3. The van der Waals surface area contributed by atoms with Gasteiger partial charge in [-0.25, -0.2) is 4.79 Å². The van der Waals surface area contributed by atoms with Gasteiger partial charge in [-0.3, -0.25) is 4.90 Å². The number of aliphatic hydroxyl groups excluding tert-OH is 1. The molecule has 0 radical (unpaired) electrons. The topological polar surface area (TPSA) is 85.0 Å². The number of rotatable bonds is 9. The van der Waals surface area contributed by atoms with Crippen LogP contribution in [-0.4, -0.2) is 41.4 Å². The van der Waals surface area contributed by atoms with Crippen molar-refractivity contribution >= 4 is 6.09 Å². The van der Waals surface area contributed by atoms with Gasteiger partial charge >= 0.3 is 18.4 Å². The van der Waals surface area contributed by atoms with E-state index in [2.05, 4.69) is 0 Å². The molecule has 44 heavy (non-hydrogen) atoms. The summed E-state index contributed by atoms with van der Waals surface area (Å²) in [7, 11) is 0. The summed E-state index contributed by atoms with van der Waals surface area (Å²) in [4.78, 5) is 15.3. The van der Waals surface area contributed by atoms with E-state index in [4.69, 9.17) is 15.2 Å². The second kappa shape index (κ2) is 13.6. The summed E-state index contributed by atoms with van der Waals surface area (Å²) in [6.07, 6.45) is -11.3. The number of likely N-dealkylation sites (tertiary alicyclic amines) is 1. The zero-order valence-electron chi connectivity index (χ0n) is 23.9. The van der Waals surface area contributed by atoms with Crippen molar-refractivity contribution in [3.8, 4) is 0 Å². The van der Waals surface area contributed by atoms with Gasteiger partial charge in [0.2, 0.25) is 0 Å². The fraction of sp³-hybridized carbons (Fsp3) is 0.406. The normalized spacial score (nSPS) is 21.6. The van der Waals surface area contributed by atoms with E-state index in [1.165, 1.54) is 11.8 Å². The molecule has 1 saturated heterocycles. The summed E-state index contributed by atoms with van der Waals surface area (Å²) in [5.41, 5.74) is 3.28. The van der Waals surface area contributed by atoms with E-state index in [0.29, 0.717) is 24.1 Å². The summed E-state index contributed by atoms with van der Waals surface area (Å²) >= 11 is 0. The molecule has 0 aliphatic carbocycles. The Hall–Kier alpha value is -3.61. The van der Waals surface area contributed by atoms with Crippen LogP contribution < -0.4 is 5.73 Å². The minimum absolute atomic E-state index is 0.0637. The average molecular weight is 625 g/mol. The number of hydrogen-bond donors (Lipinski definition) is 2. The van der Waals surface area contributed by atoms with E-state index in [1.807, 2.05) is 6.07 Å². The summed E-state index contributed by atoms with van der Waals surface area (Å²) in [5.74, 6) is 0. The van der Waals surface area contributed by atoms with Crippen LogP contribution in [0.5, 0.6) is 0 Å². The third-order valence-electron chi connectivity index (χ3n) is 7.97. The molecule has 6 nitrogen and oxygen atoms in total. The van der Waals surface area contributed by atoms with Gasteiger partial charge in [-0.2, -0.15) is 26.3 Å². The molecule has 12 heteroatoms. The van der Waals surface area contributed by atoms with Gasteiger partial charge in [0, 0.05) is 12.6 Å². The number of halogens is 6. The molecule has 238 valence electrons. The fourth-order valence-electron chi connectivity index (χ4n) is 5.63. The van der Waals surface area contributed by atoms with Gasteiger partial charge in [0.1, 0.15) is 6.61 Å². The molecule has 1 aliphatic heterocycles. The van der Waals surface area contributed by atoms with Crippen LogP contribution in [0, 0.1) is 0 Å². The van der Waals surface area contributed by atoms with Crippen molar-refractivity contribution in [2.75, 3.05) is 13.2 Å².